The molecule has 0 saturated carbocycles. The Bertz CT molecular complexity index is 1040. The molecule has 1 N–H and O–H groups in total. The Morgan fingerprint density at radius 1 is 1.00 bits per heavy atom. The van der Waals surface area contributed by atoms with E-state index in [9.17, 15) is 18.3 Å². The second-order valence-electron chi connectivity index (χ2n) is 7.14. The summed E-state index contributed by atoms with van der Waals surface area (Å²) in [4.78, 5) is 11.5. The van der Waals surface area contributed by atoms with Gasteiger partial charge in [-0.3, -0.25) is 0 Å². The molecule has 1 heterocycles. The molecule has 0 aliphatic carbocycles. The smallest absolute Gasteiger partial charge is 0.331 e. The van der Waals surface area contributed by atoms with Crippen LogP contribution < -0.4 is 9.47 Å². The summed E-state index contributed by atoms with van der Waals surface area (Å²) in [5, 5.41) is 9.28. The number of ether oxygens (including phenoxy) is 3. The number of hydrogen-bond donors (Lipinski definition) is 1. The van der Waals surface area contributed by atoms with Gasteiger partial charge in [-0.05, 0) is 60.4 Å². The van der Waals surface area contributed by atoms with Gasteiger partial charge in [0.25, 0.3) is 0 Å². The van der Waals surface area contributed by atoms with Gasteiger partial charge < -0.3 is 19.3 Å². The normalized spacial score (nSPS) is 14.8. The van der Waals surface area contributed by atoms with Gasteiger partial charge in [-0.1, -0.05) is 19.1 Å². The number of fused-ring (bicyclic) bond motifs is 1. The first kappa shape index (κ1) is 22.8. The molecule has 0 fully saturated rings. The molecule has 0 bridgehead atoms. The van der Waals surface area contributed by atoms with Crippen LogP contribution in [0.25, 0.3) is 6.08 Å². The predicted molar refractivity (Wildman–Crippen MR) is 116 cm³/mol. The minimum absolute atomic E-state index is 0.0261. The molecule has 0 unspecified atom stereocenters. The minimum atomic E-state index is -3.54. The van der Waals surface area contributed by atoms with E-state index < -0.39 is 15.8 Å². The van der Waals surface area contributed by atoms with E-state index in [4.69, 9.17) is 14.2 Å². The third-order valence-electron chi connectivity index (χ3n) is 4.73. The van der Waals surface area contributed by atoms with E-state index in [1.807, 2.05) is 24.3 Å². The van der Waals surface area contributed by atoms with Crippen molar-refractivity contribution in [1.82, 2.24) is 0 Å². The summed E-state index contributed by atoms with van der Waals surface area (Å²) in [6.45, 7) is 4.09. The molecule has 3 rings (SSSR count). The van der Waals surface area contributed by atoms with Gasteiger partial charge >= 0.3 is 5.97 Å². The maximum Gasteiger partial charge on any atom is 0.331 e. The van der Waals surface area contributed by atoms with Gasteiger partial charge in [0.05, 0.1) is 17.3 Å². The van der Waals surface area contributed by atoms with E-state index in [2.05, 4.69) is 6.92 Å². The fraction of sp³-hybridized carbons (Fsp3) is 0.348. The molecule has 166 valence electrons. The van der Waals surface area contributed by atoms with E-state index >= 15 is 0 Å². The molecule has 0 aromatic heterocycles. The molecule has 0 atom stereocenters. The highest BCUT2D eigenvalue weighted by Crippen LogP contribution is 2.30. The van der Waals surface area contributed by atoms with Crippen molar-refractivity contribution in [2.24, 2.45) is 0 Å². The first-order valence-electron chi connectivity index (χ1n) is 10.1. The third-order valence-corrected chi connectivity index (χ3v) is 6.52. The largest absolute Gasteiger partial charge is 0.491 e. The Balaban J connectivity index is 1.63. The molecular weight excluding hydrogens is 420 g/mol. The zero-order valence-electron chi connectivity index (χ0n) is 17.4. The molecular formula is C23H26O7S. The number of rotatable bonds is 10. The highest BCUT2D eigenvalue weighted by Gasteiger charge is 2.24. The van der Waals surface area contributed by atoms with Crippen LogP contribution in [-0.2, 0) is 26.0 Å². The van der Waals surface area contributed by atoms with Gasteiger partial charge in [-0.15, -0.1) is 0 Å². The second kappa shape index (κ2) is 10.5. The second-order valence-corrected chi connectivity index (χ2v) is 9.21. The number of aliphatic carboxylic acids is 1. The van der Waals surface area contributed by atoms with Crippen LogP contribution in [0.5, 0.6) is 11.5 Å². The van der Waals surface area contributed by atoms with Crippen LogP contribution in [0, 0.1) is 0 Å². The number of hydrogen-bond acceptors (Lipinski definition) is 6. The molecule has 2 aromatic rings. The average Bonchev–Trinajstić information content (AvgIpc) is 2.88. The number of carboxylic acid groups (broad SMARTS) is 1. The van der Waals surface area contributed by atoms with Gasteiger partial charge in [-0.2, -0.15) is 0 Å². The van der Waals surface area contributed by atoms with Gasteiger partial charge in [0.1, 0.15) is 24.7 Å². The Hall–Kier alpha value is -2.84. The van der Waals surface area contributed by atoms with E-state index in [1.165, 1.54) is 12.1 Å². The van der Waals surface area contributed by atoms with Crippen molar-refractivity contribution in [3.63, 3.8) is 0 Å². The van der Waals surface area contributed by atoms with Crippen molar-refractivity contribution in [1.29, 1.82) is 0 Å². The van der Waals surface area contributed by atoms with Crippen LogP contribution in [0.3, 0.4) is 0 Å². The highest BCUT2D eigenvalue weighted by molar-refractivity contribution is 7.91. The van der Waals surface area contributed by atoms with E-state index in [1.54, 1.807) is 12.1 Å². The van der Waals surface area contributed by atoms with Gasteiger partial charge in [0.15, 0.2) is 9.84 Å². The summed E-state index contributed by atoms with van der Waals surface area (Å²) in [5.74, 6) is -0.137. The standard InChI is InChI=1S/C23H26O7S/c1-2-10-28-11-12-29-20-5-3-17(4-6-20)16-30-21-7-8-22-19(15-21)14-18(23(24)25)9-13-31(22,26)27/h3-8,14-15H,2,9-13,16H2,1H3,(H,24,25). The monoisotopic (exact) mass is 446 g/mol. The number of carbonyl (C=O) groups is 1. The Morgan fingerprint density at radius 3 is 2.45 bits per heavy atom. The van der Waals surface area contributed by atoms with Gasteiger partial charge in [0, 0.05) is 12.2 Å². The van der Waals surface area contributed by atoms with Crippen LogP contribution >= 0.6 is 0 Å². The molecule has 0 saturated heterocycles. The minimum Gasteiger partial charge on any atom is -0.491 e. The summed E-state index contributed by atoms with van der Waals surface area (Å²) in [7, 11) is -3.54. The lowest BCUT2D eigenvalue weighted by atomic mass is 10.1. The lowest BCUT2D eigenvalue weighted by molar-refractivity contribution is -0.132. The first-order valence-corrected chi connectivity index (χ1v) is 11.8. The Kier molecular flexibility index (Phi) is 7.70. The SMILES string of the molecule is CCCOCCOc1ccc(COc2ccc3c(c2)C=C(C(=O)O)CCS3(=O)=O)cc1. The maximum absolute atomic E-state index is 12.4. The molecule has 0 amide bonds. The highest BCUT2D eigenvalue weighted by atomic mass is 32.2. The van der Waals surface area contributed by atoms with Crippen LogP contribution in [0.2, 0.25) is 0 Å². The summed E-state index contributed by atoms with van der Waals surface area (Å²) in [6, 6.07) is 12.1. The average molecular weight is 447 g/mol. The molecule has 0 spiro atoms. The third kappa shape index (κ3) is 6.32. The van der Waals surface area contributed by atoms with Crippen LogP contribution in [0.15, 0.2) is 52.9 Å². The van der Waals surface area contributed by atoms with Gasteiger partial charge in [-0.25, -0.2) is 13.2 Å². The van der Waals surface area contributed by atoms with E-state index in [-0.39, 0.29) is 29.2 Å². The molecule has 2 aromatic carbocycles. The topological polar surface area (TPSA) is 99.1 Å². The summed E-state index contributed by atoms with van der Waals surface area (Å²) >= 11 is 0. The van der Waals surface area contributed by atoms with Crippen molar-refractivity contribution in [3.8, 4) is 11.5 Å². The molecule has 8 heteroatoms. The molecule has 7 nitrogen and oxygen atoms in total. The molecule has 0 radical (unpaired) electrons. The zero-order chi connectivity index (χ0) is 22.3. The summed E-state index contributed by atoms with van der Waals surface area (Å²) in [5.41, 5.74) is 1.32. The van der Waals surface area contributed by atoms with E-state index in [0.717, 1.165) is 24.3 Å². The van der Waals surface area contributed by atoms with Crippen LogP contribution in [0.1, 0.15) is 30.9 Å². The zero-order valence-corrected chi connectivity index (χ0v) is 18.2. The number of carboxylic acids is 1. The van der Waals surface area contributed by atoms with Crippen molar-refractivity contribution in [2.45, 2.75) is 31.3 Å². The van der Waals surface area contributed by atoms with Crippen molar-refractivity contribution >= 4 is 21.9 Å². The Labute approximate surface area is 182 Å². The van der Waals surface area contributed by atoms with Crippen molar-refractivity contribution < 1.29 is 32.5 Å². The molecule has 31 heavy (non-hydrogen) atoms. The lowest BCUT2D eigenvalue weighted by Gasteiger charge is -2.11. The first-order chi connectivity index (χ1) is 14.9. The maximum atomic E-state index is 12.4. The summed E-state index contributed by atoms with van der Waals surface area (Å²) in [6.07, 6.45) is 2.36. The lowest BCUT2D eigenvalue weighted by Crippen LogP contribution is -2.08. The van der Waals surface area contributed by atoms with Crippen molar-refractivity contribution in [3.05, 3.63) is 59.2 Å². The van der Waals surface area contributed by atoms with Gasteiger partial charge in [0.2, 0.25) is 0 Å². The molecule has 1 aliphatic rings. The fourth-order valence-electron chi connectivity index (χ4n) is 3.11. The van der Waals surface area contributed by atoms with Crippen LogP contribution in [0.4, 0.5) is 0 Å². The van der Waals surface area contributed by atoms with E-state index in [0.29, 0.717) is 24.5 Å². The van der Waals surface area contributed by atoms with Crippen molar-refractivity contribution in [2.75, 3.05) is 25.6 Å². The number of sulfone groups is 1. The predicted octanol–water partition coefficient (Wildman–Crippen LogP) is 3.72. The fourth-order valence-corrected chi connectivity index (χ4v) is 4.57. The quantitative estimate of drug-likeness (QED) is 0.555. The summed E-state index contributed by atoms with van der Waals surface area (Å²) < 4.78 is 41.6. The van der Waals surface area contributed by atoms with Crippen LogP contribution in [-0.4, -0.2) is 45.1 Å². The Morgan fingerprint density at radius 2 is 1.74 bits per heavy atom. The number of benzene rings is 2. The molecule has 1 aliphatic heterocycles.